The van der Waals surface area contributed by atoms with Crippen molar-refractivity contribution < 1.29 is 23.4 Å². The highest BCUT2D eigenvalue weighted by Crippen LogP contribution is 2.30. The van der Waals surface area contributed by atoms with Crippen LogP contribution in [0.3, 0.4) is 0 Å². The monoisotopic (exact) mass is 480 g/mol. The quantitative estimate of drug-likeness (QED) is 0.367. The van der Waals surface area contributed by atoms with Crippen LogP contribution in [-0.2, 0) is 28.3 Å². The third kappa shape index (κ3) is 4.93. The molecule has 0 aliphatic heterocycles. The minimum Gasteiger partial charge on any atom is -0.507 e. The van der Waals surface area contributed by atoms with Gasteiger partial charge in [0, 0.05) is 30.6 Å². The van der Waals surface area contributed by atoms with Crippen LogP contribution in [0.2, 0.25) is 0 Å². The molecule has 33 heavy (non-hydrogen) atoms. The van der Waals surface area contributed by atoms with E-state index in [1.807, 2.05) is 30.3 Å². The maximum Gasteiger partial charge on any atom is 0.322 e. The predicted octanol–water partition coefficient (Wildman–Crippen LogP) is 3.32. The number of hydrogen-bond acceptors (Lipinski definition) is 5. The summed E-state index contributed by atoms with van der Waals surface area (Å²) in [5.41, 5.74) is 2.05. The second-order valence-corrected chi connectivity index (χ2v) is 10.4. The molecule has 4 aromatic rings. The molecule has 7 nitrogen and oxygen atoms in total. The average molecular weight is 481 g/mol. The minimum atomic E-state index is -4.09. The van der Waals surface area contributed by atoms with Crippen molar-refractivity contribution in [1.82, 2.24) is 9.29 Å². The standard InChI is InChI=1S/C24H20N2O5S2/c1-26-15-17(23-20(26)8-5-9-21(23)27)14-19(24(28)29)25-33(30,31)22-13-12-18(32-22)11-10-16-6-3-2-4-7-16/h2-9,12-13,15,19,25,27H,14H2,1H3,(H,28,29). The molecule has 2 aromatic carbocycles. The van der Waals surface area contributed by atoms with E-state index in [1.165, 1.54) is 12.1 Å². The lowest BCUT2D eigenvalue weighted by atomic mass is 10.1. The first-order chi connectivity index (χ1) is 15.7. The van der Waals surface area contributed by atoms with Gasteiger partial charge >= 0.3 is 5.97 Å². The van der Waals surface area contributed by atoms with Gasteiger partial charge in [0.2, 0.25) is 0 Å². The van der Waals surface area contributed by atoms with Crippen LogP contribution in [0.1, 0.15) is 16.0 Å². The zero-order valence-corrected chi connectivity index (χ0v) is 19.2. The number of phenolic OH excluding ortho intramolecular Hbond substituents is 1. The first-order valence-corrected chi connectivity index (χ1v) is 12.2. The Balaban J connectivity index is 1.57. The number of thiophene rings is 1. The van der Waals surface area contributed by atoms with Gasteiger partial charge in [0.1, 0.15) is 16.0 Å². The summed E-state index contributed by atoms with van der Waals surface area (Å²) < 4.78 is 29.8. The number of fused-ring (bicyclic) bond motifs is 1. The van der Waals surface area contributed by atoms with Crippen LogP contribution < -0.4 is 4.72 Å². The molecule has 0 spiro atoms. The zero-order valence-electron chi connectivity index (χ0n) is 17.5. The third-order valence-electron chi connectivity index (χ3n) is 5.04. The lowest BCUT2D eigenvalue weighted by molar-refractivity contribution is -0.138. The Hall–Kier alpha value is -3.58. The largest absolute Gasteiger partial charge is 0.507 e. The number of carbonyl (C=O) groups is 1. The van der Waals surface area contributed by atoms with E-state index in [4.69, 9.17) is 0 Å². The van der Waals surface area contributed by atoms with E-state index in [2.05, 4.69) is 16.6 Å². The van der Waals surface area contributed by atoms with Crippen LogP contribution in [0.4, 0.5) is 0 Å². The maximum absolute atomic E-state index is 12.9. The van der Waals surface area contributed by atoms with Crippen LogP contribution in [-0.4, -0.2) is 35.2 Å². The van der Waals surface area contributed by atoms with E-state index in [-0.39, 0.29) is 16.4 Å². The Morgan fingerprint density at radius 3 is 2.58 bits per heavy atom. The molecule has 0 aliphatic rings. The number of nitrogens with one attached hydrogen (secondary N) is 1. The molecule has 0 radical (unpaired) electrons. The average Bonchev–Trinajstić information content (AvgIpc) is 3.39. The van der Waals surface area contributed by atoms with Crippen LogP contribution in [0.25, 0.3) is 10.9 Å². The van der Waals surface area contributed by atoms with E-state index in [0.29, 0.717) is 15.8 Å². The lowest BCUT2D eigenvalue weighted by Gasteiger charge is -2.14. The number of phenols is 1. The number of carboxylic acids is 1. The summed E-state index contributed by atoms with van der Waals surface area (Å²) >= 11 is 0.967. The van der Waals surface area contributed by atoms with E-state index in [1.54, 1.807) is 36.0 Å². The Kier molecular flexibility index (Phi) is 6.24. The Morgan fingerprint density at radius 1 is 1.09 bits per heavy atom. The van der Waals surface area contributed by atoms with Gasteiger partial charge < -0.3 is 14.8 Å². The second-order valence-electron chi connectivity index (χ2n) is 7.39. The van der Waals surface area contributed by atoms with Gasteiger partial charge in [-0.2, -0.15) is 4.72 Å². The molecule has 168 valence electrons. The van der Waals surface area contributed by atoms with Gasteiger partial charge in [-0.3, -0.25) is 4.79 Å². The normalized spacial score (nSPS) is 12.3. The van der Waals surface area contributed by atoms with Crippen molar-refractivity contribution in [2.45, 2.75) is 16.7 Å². The molecule has 1 atom stereocenters. The molecule has 1 unspecified atom stereocenters. The summed E-state index contributed by atoms with van der Waals surface area (Å²) in [7, 11) is -2.32. The molecule has 0 amide bonds. The summed E-state index contributed by atoms with van der Waals surface area (Å²) in [5.74, 6) is 4.59. The predicted molar refractivity (Wildman–Crippen MR) is 127 cm³/mol. The number of benzene rings is 2. The number of aryl methyl sites for hydroxylation is 1. The van der Waals surface area contributed by atoms with E-state index >= 15 is 0 Å². The minimum absolute atomic E-state index is 0.00925. The van der Waals surface area contributed by atoms with E-state index < -0.39 is 22.0 Å². The molecule has 2 heterocycles. The molecule has 9 heteroatoms. The first-order valence-electron chi connectivity index (χ1n) is 9.92. The fourth-order valence-electron chi connectivity index (χ4n) is 3.51. The van der Waals surface area contributed by atoms with Crippen LogP contribution >= 0.6 is 11.3 Å². The summed E-state index contributed by atoms with van der Waals surface area (Å²) in [4.78, 5) is 12.4. The summed E-state index contributed by atoms with van der Waals surface area (Å²) in [5, 5.41) is 20.4. The number of nitrogens with zero attached hydrogens (tertiary/aromatic N) is 1. The van der Waals surface area contributed by atoms with Gasteiger partial charge in [-0.25, -0.2) is 8.42 Å². The molecular weight excluding hydrogens is 460 g/mol. The number of sulfonamides is 1. The molecule has 0 bridgehead atoms. The smallest absolute Gasteiger partial charge is 0.322 e. The summed E-state index contributed by atoms with van der Waals surface area (Å²) in [6.45, 7) is 0. The Labute approximate surface area is 195 Å². The lowest BCUT2D eigenvalue weighted by Crippen LogP contribution is -2.42. The molecule has 3 N–H and O–H groups in total. The van der Waals surface area contributed by atoms with Gasteiger partial charge in [-0.15, -0.1) is 11.3 Å². The van der Waals surface area contributed by atoms with E-state index in [0.717, 1.165) is 22.4 Å². The van der Waals surface area contributed by atoms with Crippen LogP contribution in [0.15, 0.2) is 71.1 Å². The van der Waals surface area contributed by atoms with Gasteiger partial charge in [0.15, 0.2) is 0 Å². The first kappa shape index (κ1) is 22.6. The second kappa shape index (κ2) is 9.11. The Morgan fingerprint density at radius 2 is 1.85 bits per heavy atom. The van der Waals surface area contributed by atoms with Gasteiger partial charge in [-0.1, -0.05) is 36.1 Å². The number of aromatic hydroxyl groups is 1. The van der Waals surface area contributed by atoms with Crippen LogP contribution in [0, 0.1) is 11.8 Å². The topological polar surface area (TPSA) is 109 Å². The maximum atomic E-state index is 12.9. The highest BCUT2D eigenvalue weighted by atomic mass is 32.2. The Bertz CT molecular complexity index is 1490. The molecule has 0 saturated heterocycles. The van der Waals surface area contributed by atoms with Crippen molar-refractivity contribution in [3.05, 3.63) is 82.9 Å². The van der Waals surface area contributed by atoms with E-state index in [9.17, 15) is 23.4 Å². The van der Waals surface area contributed by atoms with Crippen molar-refractivity contribution in [3.63, 3.8) is 0 Å². The van der Waals surface area contributed by atoms with Gasteiger partial charge in [-0.05, 0) is 42.0 Å². The van der Waals surface area contributed by atoms with Crippen molar-refractivity contribution in [2.75, 3.05) is 0 Å². The van der Waals surface area contributed by atoms with Crippen molar-refractivity contribution >= 4 is 38.2 Å². The SMILES string of the molecule is Cn1cc(CC(NS(=O)(=O)c2ccc(C#Cc3ccccc3)s2)C(=O)O)c2c(O)cccc21. The highest BCUT2D eigenvalue weighted by molar-refractivity contribution is 7.91. The fourth-order valence-corrected chi connectivity index (χ4v) is 5.87. The molecule has 4 rings (SSSR count). The number of hydrogen-bond donors (Lipinski definition) is 3. The van der Waals surface area contributed by atoms with Crippen molar-refractivity contribution in [1.29, 1.82) is 0 Å². The number of rotatable bonds is 6. The van der Waals surface area contributed by atoms with Gasteiger partial charge in [0.05, 0.1) is 10.4 Å². The van der Waals surface area contributed by atoms with Crippen LogP contribution in [0.5, 0.6) is 5.75 Å². The fraction of sp³-hybridized carbons (Fsp3) is 0.125. The van der Waals surface area contributed by atoms with Crippen molar-refractivity contribution in [2.24, 2.45) is 7.05 Å². The summed E-state index contributed by atoms with van der Waals surface area (Å²) in [6, 6.07) is 15.9. The molecule has 0 fully saturated rings. The molecule has 2 aromatic heterocycles. The highest BCUT2D eigenvalue weighted by Gasteiger charge is 2.28. The molecular formula is C24H20N2O5S2. The molecule has 0 saturated carbocycles. The third-order valence-corrected chi connectivity index (χ3v) is 8.00. The number of aromatic nitrogens is 1. The summed E-state index contributed by atoms with van der Waals surface area (Å²) in [6.07, 6.45) is 1.56. The van der Waals surface area contributed by atoms with Crippen molar-refractivity contribution in [3.8, 4) is 17.6 Å². The molecule has 0 aliphatic carbocycles. The zero-order chi connectivity index (χ0) is 23.6. The number of carboxylic acid groups (broad SMARTS) is 1. The van der Waals surface area contributed by atoms with Gasteiger partial charge in [0.25, 0.3) is 10.0 Å². The number of aliphatic carboxylic acids is 1.